The molecule has 1 N–H and O–H groups in total. The first kappa shape index (κ1) is 15.4. The van der Waals surface area contributed by atoms with E-state index in [1.807, 2.05) is 0 Å². The van der Waals surface area contributed by atoms with E-state index in [2.05, 4.69) is 18.5 Å². The fourth-order valence-electron chi connectivity index (χ4n) is 1.91. The van der Waals surface area contributed by atoms with Gasteiger partial charge in [-0.3, -0.25) is 4.79 Å². The molecule has 0 radical (unpaired) electrons. The largest absolute Gasteiger partial charge is 0.353 e. The molecule has 1 saturated carbocycles. The Hall–Kier alpha value is -0.670. The molecule has 0 aromatic carbocycles. The van der Waals surface area contributed by atoms with Crippen molar-refractivity contribution in [3.63, 3.8) is 0 Å². The van der Waals surface area contributed by atoms with Gasteiger partial charge in [-0.05, 0) is 25.0 Å². The van der Waals surface area contributed by atoms with Crippen molar-refractivity contribution in [2.45, 2.75) is 38.1 Å². The number of hydrogen-bond acceptors (Lipinski definition) is 2. The van der Waals surface area contributed by atoms with Crippen LogP contribution in [0, 0.1) is 0 Å². The molecule has 1 rings (SSSR count). The van der Waals surface area contributed by atoms with Gasteiger partial charge in [0.05, 0.1) is 5.75 Å². The summed E-state index contributed by atoms with van der Waals surface area (Å²) in [5.41, 5.74) is 0. The molecule has 0 heterocycles. The number of carbonyl (C=O) groups is 1. The summed E-state index contributed by atoms with van der Waals surface area (Å²) in [5, 5.41) is 3.53. The maximum absolute atomic E-state index is 11.7. The van der Waals surface area contributed by atoms with Gasteiger partial charge in [-0.15, -0.1) is 11.8 Å². The zero-order chi connectivity index (χ0) is 13.4. The van der Waals surface area contributed by atoms with Crippen LogP contribution in [0.3, 0.4) is 0 Å². The minimum absolute atomic E-state index is 0.0890. The topological polar surface area (TPSA) is 29.1 Å². The first-order valence-corrected chi connectivity index (χ1v) is 7.58. The summed E-state index contributed by atoms with van der Waals surface area (Å²) in [6.07, 6.45) is 9.43. The van der Waals surface area contributed by atoms with E-state index in [9.17, 15) is 4.79 Å². The number of carbonyl (C=O) groups excluding carboxylic acids is 1. The zero-order valence-corrected chi connectivity index (χ0v) is 12.2. The smallest absolute Gasteiger partial charge is 0.230 e. The van der Waals surface area contributed by atoms with Crippen LogP contribution in [0.5, 0.6) is 0 Å². The fraction of sp³-hybridized carbons (Fsp3) is 0.500. The Labute approximate surface area is 119 Å². The van der Waals surface area contributed by atoms with Crippen LogP contribution in [0.2, 0.25) is 0 Å². The predicted molar refractivity (Wildman–Crippen MR) is 80.7 cm³/mol. The van der Waals surface area contributed by atoms with E-state index in [0.29, 0.717) is 16.8 Å². The van der Waals surface area contributed by atoms with Crippen LogP contribution in [-0.2, 0) is 4.79 Å². The van der Waals surface area contributed by atoms with E-state index in [0.717, 1.165) is 17.7 Å². The van der Waals surface area contributed by atoms with Crippen LogP contribution in [-0.4, -0.2) is 17.7 Å². The van der Waals surface area contributed by atoms with Gasteiger partial charge in [0, 0.05) is 16.0 Å². The van der Waals surface area contributed by atoms with Gasteiger partial charge in [0.2, 0.25) is 5.91 Å². The molecule has 0 unspecified atom stereocenters. The molecule has 1 fully saturated rings. The molecule has 0 aliphatic heterocycles. The summed E-state index contributed by atoms with van der Waals surface area (Å²) >= 11 is 7.02. The summed E-state index contributed by atoms with van der Waals surface area (Å²) in [4.78, 5) is 12.5. The molecule has 0 atom stereocenters. The van der Waals surface area contributed by atoms with Gasteiger partial charge in [-0.1, -0.05) is 44.0 Å². The van der Waals surface area contributed by atoms with Gasteiger partial charge in [0.1, 0.15) is 0 Å². The molecule has 0 spiro atoms. The molecule has 0 aromatic rings. The zero-order valence-electron chi connectivity index (χ0n) is 10.6. The summed E-state index contributed by atoms with van der Waals surface area (Å²) in [6.45, 7) is 7.39. The van der Waals surface area contributed by atoms with Crippen molar-refractivity contribution in [2.24, 2.45) is 0 Å². The third-order valence-electron chi connectivity index (χ3n) is 2.81. The molecule has 1 aliphatic rings. The van der Waals surface area contributed by atoms with Crippen LogP contribution in [0.4, 0.5) is 0 Å². The first-order valence-electron chi connectivity index (χ1n) is 6.21. The maximum Gasteiger partial charge on any atom is 0.230 e. The third kappa shape index (κ3) is 6.92. The van der Waals surface area contributed by atoms with Crippen LogP contribution < -0.4 is 5.32 Å². The minimum Gasteiger partial charge on any atom is -0.353 e. The highest BCUT2D eigenvalue weighted by Gasteiger charge is 2.15. The molecule has 0 saturated heterocycles. The van der Waals surface area contributed by atoms with Crippen LogP contribution in [0.25, 0.3) is 0 Å². The molecule has 0 aromatic heterocycles. The highest BCUT2D eigenvalue weighted by atomic mass is 35.5. The van der Waals surface area contributed by atoms with Crippen molar-refractivity contribution in [1.29, 1.82) is 0 Å². The number of nitrogens with one attached hydrogen (secondary N) is 1. The van der Waals surface area contributed by atoms with Crippen molar-refractivity contribution >= 4 is 29.3 Å². The van der Waals surface area contributed by atoms with Gasteiger partial charge < -0.3 is 5.32 Å². The second kappa shape index (κ2) is 8.44. The molecule has 4 heteroatoms. The van der Waals surface area contributed by atoms with E-state index >= 15 is 0 Å². The highest BCUT2D eigenvalue weighted by molar-refractivity contribution is 8.03. The van der Waals surface area contributed by atoms with Gasteiger partial charge in [0.15, 0.2) is 0 Å². The monoisotopic (exact) mass is 285 g/mol. The van der Waals surface area contributed by atoms with Gasteiger partial charge in [-0.25, -0.2) is 0 Å². The summed E-state index contributed by atoms with van der Waals surface area (Å²) < 4.78 is 0. The lowest BCUT2D eigenvalue weighted by molar-refractivity contribution is -0.119. The number of amides is 1. The van der Waals surface area contributed by atoms with Crippen molar-refractivity contribution in [3.8, 4) is 0 Å². The highest BCUT2D eigenvalue weighted by Crippen LogP contribution is 2.19. The Morgan fingerprint density at radius 1 is 1.28 bits per heavy atom. The molecule has 2 nitrogen and oxygen atoms in total. The van der Waals surface area contributed by atoms with E-state index < -0.39 is 0 Å². The third-order valence-corrected chi connectivity index (χ3v) is 3.85. The summed E-state index contributed by atoms with van der Waals surface area (Å²) in [7, 11) is 0. The molecular formula is C14H20ClNOS. The van der Waals surface area contributed by atoms with Gasteiger partial charge in [0.25, 0.3) is 0 Å². The predicted octanol–water partition coefficient (Wildman–Crippen LogP) is 3.99. The van der Waals surface area contributed by atoms with Crippen molar-refractivity contribution in [1.82, 2.24) is 5.32 Å². The molecule has 1 aliphatic carbocycles. The van der Waals surface area contributed by atoms with Crippen molar-refractivity contribution in [2.75, 3.05) is 5.75 Å². The molecule has 1 amide bonds. The lowest BCUT2D eigenvalue weighted by Crippen LogP contribution is -2.37. The molecule has 0 bridgehead atoms. The number of allylic oxidation sites excluding steroid dienone is 3. The average Bonchev–Trinajstić information content (AvgIpc) is 2.35. The summed E-state index contributed by atoms with van der Waals surface area (Å²) in [5.74, 6) is 0.500. The number of hydrogen-bond donors (Lipinski definition) is 1. The number of halogens is 1. The molecule has 18 heavy (non-hydrogen) atoms. The lowest BCUT2D eigenvalue weighted by Gasteiger charge is -2.22. The number of rotatable bonds is 6. The molecular weight excluding hydrogens is 266 g/mol. The van der Waals surface area contributed by atoms with Gasteiger partial charge in [-0.2, -0.15) is 0 Å². The van der Waals surface area contributed by atoms with Crippen LogP contribution >= 0.6 is 23.4 Å². The normalized spacial score (nSPS) is 16.7. The first-order chi connectivity index (χ1) is 8.58. The van der Waals surface area contributed by atoms with E-state index in [-0.39, 0.29) is 5.91 Å². The fourth-order valence-corrected chi connectivity index (χ4v) is 2.53. The van der Waals surface area contributed by atoms with Crippen LogP contribution in [0.15, 0.2) is 35.2 Å². The maximum atomic E-state index is 11.7. The quantitative estimate of drug-likeness (QED) is 0.748. The van der Waals surface area contributed by atoms with E-state index in [1.54, 1.807) is 12.2 Å². The Morgan fingerprint density at radius 2 is 1.94 bits per heavy atom. The Kier molecular flexibility index (Phi) is 7.21. The summed E-state index contributed by atoms with van der Waals surface area (Å²) in [6, 6.07) is 0.373. The van der Waals surface area contributed by atoms with E-state index in [4.69, 9.17) is 11.6 Å². The van der Waals surface area contributed by atoms with Crippen molar-refractivity contribution in [3.05, 3.63) is 35.2 Å². The van der Waals surface area contributed by atoms with Gasteiger partial charge >= 0.3 is 0 Å². The standard InChI is InChI=1S/C14H20ClNOS/c1-11(15)8-9-12(2)18-10-14(17)16-13-6-4-3-5-7-13/h8-9,13H,1-7,10H2,(H,16,17)/b9-8-. The Balaban J connectivity index is 2.19. The Bertz CT molecular complexity index is 346. The average molecular weight is 286 g/mol. The van der Waals surface area contributed by atoms with Crippen LogP contribution in [0.1, 0.15) is 32.1 Å². The van der Waals surface area contributed by atoms with E-state index in [1.165, 1.54) is 31.0 Å². The number of thioether (sulfide) groups is 1. The second-order valence-corrected chi connectivity index (χ2v) is 6.02. The second-order valence-electron chi connectivity index (χ2n) is 4.44. The lowest BCUT2D eigenvalue weighted by atomic mass is 9.95. The SMILES string of the molecule is C=C(Cl)/C=C\C(=C)SCC(=O)NC1CCCCC1. The Morgan fingerprint density at radius 3 is 2.56 bits per heavy atom. The minimum atomic E-state index is 0.0890. The molecule has 100 valence electrons. The van der Waals surface area contributed by atoms with Crippen molar-refractivity contribution < 1.29 is 4.79 Å².